The molecule has 2 heterocycles. The second kappa shape index (κ2) is 6.78. The number of benzene rings is 1. The summed E-state index contributed by atoms with van der Waals surface area (Å²) in [7, 11) is 0. The lowest BCUT2D eigenvalue weighted by Crippen LogP contribution is -2.45. The van der Waals surface area contributed by atoms with Crippen LogP contribution in [0.5, 0.6) is 5.75 Å². The van der Waals surface area contributed by atoms with Crippen molar-refractivity contribution in [3.05, 3.63) is 53.1 Å². The lowest BCUT2D eigenvalue weighted by atomic mass is 9.77. The predicted octanol–water partition coefficient (Wildman–Crippen LogP) is 4.16. The molecule has 1 aromatic heterocycles. The molecule has 1 aliphatic heterocycles. The van der Waals surface area contributed by atoms with E-state index in [0.29, 0.717) is 6.54 Å². The van der Waals surface area contributed by atoms with Crippen molar-refractivity contribution in [2.75, 3.05) is 13.1 Å². The molecule has 0 N–H and O–H groups in total. The van der Waals surface area contributed by atoms with E-state index < -0.39 is 6.36 Å². The third kappa shape index (κ3) is 3.93. The molecule has 0 radical (unpaired) electrons. The van der Waals surface area contributed by atoms with Crippen LogP contribution in [0, 0.1) is 6.92 Å². The summed E-state index contributed by atoms with van der Waals surface area (Å²) in [6, 6.07) is 6.27. The Morgan fingerprint density at radius 2 is 2.11 bits per heavy atom. The maximum atomic E-state index is 12.5. The molecule has 1 aromatic carbocycles. The van der Waals surface area contributed by atoms with Crippen LogP contribution in [0.15, 0.2) is 30.5 Å². The molecule has 1 unspecified atom stereocenters. The average molecular weight is 377 g/mol. The van der Waals surface area contributed by atoms with E-state index in [1.165, 1.54) is 23.4 Å². The Morgan fingerprint density at radius 1 is 1.26 bits per heavy atom. The molecule has 7 heteroatoms. The van der Waals surface area contributed by atoms with Crippen LogP contribution in [0.2, 0.25) is 0 Å². The van der Waals surface area contributed by atoms with E-state index >= 15 is 0 Å². The molecule has 1 saturated heterocycles. The Morgan fingerprint density at radius 3 is 2.93 bits per heavy atom. The van der Waals surface area contributed by atoms with Crippen LogP contribution in [0.1, 0.15) is 41.9 Å². The fraction of sp³-hybridized carbons (Fsp3) is 0.500. The Labute approximate surface area is 156 Å². The quantitative estimate of drug-likeness (QED) is 0.805. The van der Waals surface area contributed by atoms with E-state index in [1.54, 1.807) is 6.07 Å². The van der Waals surface area contributed by atoms with Crippen LogP contribution in [0.4, 0.5) is 13.2 Å². The highest BCUT2D eigenvalue weighted by Crippen LogP contribution is 2.44. The highest BCUT2D eigenvalue weighted by Gasteiger charge is 2.43. The van der Waals surface area contributed by atoms with Crippen molar-refractivity contribution in [3.8, 4) is 5.75 Å². The van der Waals surface area contributed by atoms with Gasteiger partial charge in [0.15, 0.2) is 0 Å². The summed E-state index contributed by atoms with van der Waals surface area (Å²) < 4.78 is 41.4. The zero-order valence-corrected chi connectivity index (χ0v) is 15.2. The molecule has 4 nitrogen and oxygen atoms in total. The van der Waals surface area contributed by atoms with Gasteiger partial charge in [-0.2, -0.15) is 0 Å². The van der Waals surface area contributed by atoms with E-state index in [9.17, 15) is 13.2 Å². The van der Waals surface area contributed by atoms with Gasteiger partial charge in [-0.25, -0.2) is 9.97 Å². The van der Waals surface area contributed by atoms with Crippen molar-refractivity contribution in [1.82, 2.24) is 14.9 Å². The lowest BCUT2D eigenvalue weighted by molar-refractivity contribution is -0.274. The first-order valence-electron chi connectivity index (χ1n) is 9.23. The molecule has 4 rings (SSSR count). The molecule has 2 aromatic rings. The number of alkyl halides is 3. The normalized spacial score (nSPS) is 22.8. The van der Waals surface area contributed by atoms with E-state index in [-0.39, 0.29) is 11.2 Å². The fourth-order valence-electron chi connectivity index (χ4n) is 4.49. The zero-order chi connectivity index (χ0) is 19.1. The van der Waals surface area contributed by atoms with Crippen LogP contribution in [-0.4, -0.2) is 34.3 Å². The summed E-state index contributed by atoms with van der Waals surface area (Å²) in [6.07, 6.45) is 1.50. The van der Waals surface area contributed by atoms with Crippen molar-refractivity contribution >= 4 is 0 Å². The van der Waals surface area contributed by atoms with Gasteiger partial charge >= 0.3 is 6.36 Å². The molecule has 2 aliphatic rings. The molecule has 1 fully saturated rings. The fourth-order valence-corrected chi connectivity index (χ4v) is 4.49. The van der Waals surface area contributed by atoms with Crippen molar-refractivity contribution < 1.29 is 17.9 Å². The van der Waals surface area contributed by atoms with Gasteiger partial charge in [-0.1, -0.05) is 12.1 Å². The van der Waals surface area contributed by atoms with Gasteiger partial charge in [-0.05, 0) is 62.4 Å². The molecule has 144 valence electrons. The van der Waals surface area contributed by atoms with E-state index in [2.05, 4.69) is 14.6 Å². The molecular formula is C20H22F3N3O. The highest BCUT2D eigenvalue weighted by atomic mass is 19.4. The second-order valence-corrected chi connectivity index (χ2v) is 7.58. The third-order valence-electron chi connectivity index (χ3n) is 5.55. The number of aryl methyl sites for hydroxylation is 2. The van der Waals surface area contributed by atoms with Gasteiger partial charge in [-0.15, -0.1) is 13.2 Å². The zero-order valence-electron chi connectivity index (χ0n) is 15.2. The first kappa shape index (κ1) is 18.2. The summed E-state index contributed by atoms with van der Waals surface area (Å²) in [4.78, 5) is 11.4. The smallest absolute Gasteiger partial charge is 0.406 e. The van der Waals surface area contributed by atoms with Crippen LogP contribution in [0.25, 0.3) is 0 Å². The molecule has 0 amide bonds. The van der Waals surface area contributed by atoms with Crippen molar-refractivity contribution in [2.45, 2.75) is 50.9 Å². The summed E-state index contributed by atoms with van der Waals surface area (Å²) in [5.74, 6) is 0.630. The number of hydrogen-bond acceptors (Lipinski definition) is 4. The number of fused-ring (bicyclic) bond motifs is 2. The summed E-state index contributed by atoms with van der Waals surface area (Å²) in [5.41, 5.74) is 3.28. The Hall–Kier alpha value is -2.15. The van der Waals surface area contributed by atoms with Gasteiger partial charge in [0.25, 0.3) is 0 Å². The minimum Gasteiger partial charge on any atom is -0.406 e. The Bertz CT molecular complexity index is 835. The van der Waals surface area contributed by atoms with Crippen LogP contribution in [-0.2, 0) is 18.4 Å². The van der Waals surface area contributed by atoms with Gasteiger partial charge in [0, 0.05) is 24.7 Å². The third-order valence-corrected chi connectivity index (χ3v) is 5.55. The van der Waals surface area contributed by atoms with E-state index in [1.807, 2.05) is 19.2 Å². The topological polar surface area (TPSA) is 38.2 Å². The van der Waals surface area contributed by atoms with Crippen LogP contribution >= 0.6 is 0 Å². The first-order chi connectivity index (χ1) is 12.8. The molecule has 1 spiro atoms. The summed E-state index contributed by atoms with van der Waals surface area (Å²) in [6.45, 7) is 4.33. The molecule has 0 saturated carbocycles. The average Bonchev–Trinajstić information content (AvgIpc) is 2.91. The van der Waals surface area contributed by atoms with Gasteiger partial charge < -0.3 is 4.74 Å². The second-order valence-electron chi connectivity index (χ2n) is 7.58. The van der Waals surface area contributed by atoms with Crippen molar-refractivity contribution in [2.24, 2.45) is 0 Å². The largest absolute Gasteiger partial charge is 0.573 e. The molecule has 1 aliphatic carbocycles. The van der Waals surface area contributed by atoms with Crippen LogP contribution < -0.4 is 4.74 Å². The number of piperidine rings is 1. The number of rotatable bonds is 3. The van der Waals surface area contributed by atoms with E-state index in [4.69, 9.17) is 4.98 Å². The molecule has 0 bridgehead atoms. The SMILES string of the molecule is Cc1ncc2c(n1)C1(CCCN(Cc3cccc(OC(F)(F)F)c3)C1)CC2. The Kier molecular flexibility index (Phi) is 4.58. The summed E-state index contributed by atoms with van der Waals surface area (Å²) in [5, 5.41) is 0. The molecule has 1 atom stereocenters. The number of ether oxygens (including phenoxy) is 1. The minimum absolute atomic E-state index is 0.0430. The van der Waals surface area contributed by atoms with Crippen molar-refractivity contribution in [1.29, 1.82) is 0 Å². The highest BCUT2D eigenvalue weighted by molar-refractivity contribution is 5.34. The minimum atomic E-state index is -4.67. The predicted molar refractivity (Wildman–Crippen MR) is 94.4 cm³/mol. The van der Waals surface area contributed by atoms with Gasteiger partial charge in [0.05, 0.1) is 5.69 Å². The number of hydrogen-bond donors (Lipinski definition) is 0. The number of halogens is 3. The monoisotopic (exact) mass is 377 g/mol. The first-order valence-corrected chi connectivity index (χ1v) is 9.23. The van der Waals surface area contributed by atoms with Gasteiger partial charge in [0.2, 0.25) is 0 Å². The number of nitrogens with zero attached hydrogens (tertiary/aromatic N) is 3. The molecular weight excluding hydrogens is 355 g/mol. The van der Waals surface area contributed by atoms with Gasteiger partial charge in [0.1, 0.15) is 11.6 Å². The standard InChI is InChI=1S/C20H22F3N3O/c1-14-24-11-16-6-8-19(18(16)25-14)7-3-9-26(13-19)12-15-4-2-5-17(10-15)27-20(21,22)23/h2,4-5,10-11H,3,6-9,12-13H2,1H3. The lowest BCUT2D eigenvalue weighted by Gasteiger charge is -2.40. The maximum absolute atomic E-state index is 12.5. The summed E-state index contributed by atoms with van der Waals surface area (Å²) >= 11 is 0. The molecule has 27 heavy (non-hydrogen) atoms. The van der Waals surface area contributed by atoms with Crippen LogP contribution in [0.3, 0.4) is 0 Å². The van der Waals surface area contributed by atoms with Crippen molar-refractivity contribution in [3.63, 3.8) is 0 Å². The van der Waals surface area contributed by atoms with Gasteiger partial charge in [-0.3, -0.25) is 4.90 Å². The Balaban J connectivity index is 1.51. The van der Waals surface area contributed by atoms with E-state index in [0.717, 1.165) is 50.2 Å². The number of aromatic nitrogens is 2. The number of likely N-dealkylation sites (tertiary alicyclic amines) is 1. The maximum Gasteiger partial charge on any atom is 0.573 e.